The van der Waals surface area contributed by atoms with Gasteiger partial charge in [0.25, 0.3) is 5.92 Å². The summed E-state index contributed by atoms with van der Waals surface area (Å²) in [7, 11) is 0. The number of benzene rings is 2. The van der Waals surface area contributed by atoms with Crippen LogP contribution in [0.15, 0.2) is 60.7 Å². The number of nitriles is 1. The second-order valence-electron chi connectivity index (χ2n) is 8.59. The lowest BCUT2D eigenvalue weighted by Crippen LogP contribution is -2.25. The molecule has 3 aromatic rings. The SMILES string of the molecule is N#C[C@@H]1C=CC(c2nc(NCC3CCNC3)nc3ccc(-c4ccccc4F)cc23)=CC1(F)F. The third-order valence-electron chi connectivity index (χ3n) is 6.24. The van der Waals surface area contributed by atoms with Crippen LogP contribution in [0.5, 0.6) is 0 Å². The summed E-state index contributed by atoms with van der Waals surface area (Å²) in [6.45, 7) is 2.52. The van der Waals surface area contributed by atoms with Crippen molar-refractivity contribution in [3.63, 3.8) is 0 Å². The molecule has 8 heteroatoms. The zero-order chi connectivity index (χ0) is 23.7. The summed E-state index contributed by atoms with van der Waals surface area (Å²) in [6, 6.07) is 13.2. The molecule has 0 bridgehead atoms. The molecule has 172 valence electrons. The van der Waals surface area contributed by atoms with Gasteiger partial charge in [0, 0.05) is 23.1 Å². The van der Waals surface area contributed by atoms with E-state index in [-0.39, 0.29) is 11.4 Å². The smallest absolute Gasteiger partial charge is 0.286 e. The standard InChI is InChI=1S/C26H22F3N5/c27-22-4-2-1-3-20(22)17-6-8-23-21(11-17)24(18-5-7-19(13-30)26(28,29)12-18)34-25(33-23)32-15-16-9-10-31-14-16/h1-8,11-12,16,19,31H,9-10,14-15H2,(H,32,33,34)/t16?,19-/m0/s1. The quantitative estimate of drug-likeness (QED) is 0.547. The number of hydrogen-bond acceptors (Lipinski definition) is 5. The summed E-state index contributed by atoms with van der Waals surface area (Å²) in [5, 5.41) is 16.1. The van der Waals surface area contributed by atoms with Gasteiger partial charge in [-0.2, -0.15) is 5.26 Å². The van der Waals surface area contributed by atoms with E-state index in [4.69, 9.17) is 5.26 Å². The highest BCUT2D eigenvalue weighted by molar-refractivity contribution is 5.96. The van der Waals surface area contributed by atoms with Gasteiger partial charge in [-0.15, -0.1) is 0 Å². The number of hydrogen-bond donors (Lipinski definition) is 2. The number of anilines is 1. The maximum atomic E-state index is 14.6. The topological polar surface area (TPSA) is 73.6 Å². The van der Waals surface area contributed by atoms with Gasteiger partial charge in [-0.1, -0.05) is 36.4 Å². The van der Waals surface area contributed by atoms with Gasteiger partial charge in [0.1, 0.15) is 11.7 Å². The van der Waals surface area contributed by atoms with Crippen molar-refractivity contribution in [2.75, 3.05) is 25.0 Å². The van der Waals surface area contributed by atoms with E-state index in [0.717, 1.165) is 25.6 Å². The summed E-state index contributed by atoms with van der Waals surface area (Å²) in [5.74, 6) is -4.48. The average molecular weight is 461 g/mol. The largest absolute Gasteiger partial charge is 0.354 e. The summed E-state index contributed by atoms with van der Waals surface area (Å²) in [4.78, 5) is 9.18. The van der Waals surface area contributed by atoms with Crippen LogP contribution in [0.2, 0.25) is 0 Å². The summed E-state index contributed by atoms with van der Waals surface area (Å²) in [6.07, 6.45) is 4.51. The highest BCUT2D eigenvalue weighted by Crippen LogP contribution is 2.38. The Balaban J connectivity index is 1.62. The highest BCUT2D eigenvalue weighted by Gasteiger charge is 2.39. The lowest BCUT2D eigenvalue weighted by molar-refractivity contribution is 0.0303. The van der Waals surface area contributed by atoms with Gasteiger partial charge in [0.2, 0.25) is 5.95 Å². The molecule has 2 aliphatic rings. The van der Waals surface area contributed by atoms with Crippen molar-refractivity contribution in [3.05, 3.63) is 72.2 Å². The van der Waals surface area contributed by atoms with Gasteiger partial charge in [-0.25, -0.2) is 23.1 Å². The lowest BCUT2D eigenvalue weighted by Gasteiger charge is -2.21. The predicted octanol–water partition coefficient (Wildman–Crippen LogP) is 5.19. The first kappa shape index (κ1) is 22.1. The molecular weight excluding hydrogens is 439 g/mol. The molecule has 1 aromatic heterocycles. The zero-order valence-corrected chi connectivity index (χ0v) is 18.2. The fourth-order valence-corrected chi connectivity index (χ4v) is 4.36. The molecule has 2 heterocycles. The van der Waals surface area contributed by atoms with Crippen LogP contribution in [-0.2, 0) is 0 Å². The van der Waals surface area contributed by atoms with Gasteiger partial charge >= 0.3 is 0 Å². The molecule has 0 radical (unpaired) electrons. The Hall–Kier alpha value is -3.70. The van der Waals surface area contributed by atoms with E-state index in [0.29, 0.717) is 46.1 Å². The number of nitrogens with one attached hydrogen (secondary N) is 2. The molecule has 34 heavy (non-hydrogen) atoms. The van der Waals surface area contributed by atoms with Crippen molar-refractivity contribution in [3.8, 4) is 17.2 Å². The number of fused-ring (bicyclic) bond motifs is 1. The minimum absolute atomic E-state index is 0.195. The Morgan fingerprint density at radius 1 is 1.18 bits per heavy atom. The van der Waals surface area contributed by atoms with Crippen molar-refractivity contribution in [2.45, 2.75) is 12.3 Å². The predicted molar refractivity (Wildman–Crippen MR) is 126 cm³/mol. The summed E-state index contributed by atoms with van der Waals surface area (Å²) < 4.78 is 43.6. The van der Waals surface area contributed by atoms with Gasteiger partial charge in [-0.05, 0) is 55.3 Å². The van der Waals surface area contributed by atoms with Crippen molar-refractivity contribution in [1.29, 1.82) is 5.26 Å². The van der Waals surface area contributed by atoms with Crippen molar-refractivity contribution >= 4 is 22.4 Å². The summed E-state index contributed by atoms with van der Waals surface area (Å²) >= 11 is 0. The van der Waals surface area contributed by atoms with E-state index >= 15 is 0 Å². The minimum Gasteiger partial charge on any atom is -0.354 e. The van der Waals surface area contributed by atoms with Gasteiger partial charge in [0.05, 0.1) is 17.3 Å². The van der Waals surface area contributed by atoms with Crippen LogP contribution >= 0.6 is 0 Å². The molecule has 2 aromatic carbocycles. The van der Waals surface area contributed by atoms with Crippen LogP contribution < -0.4 is 10.6 Å². The Kier molecular flexibility index (Phi) is 5.80. The van der Waals surface area contributed by atoms with E-state index in [1.54, 1.807) is 42.5 Å². The first-order valence-electron chi connectivity index (χ1n) is 11.1. The molecule has 2 N–H and O–H groups in total. The number of aromatic nitrogens is 2. The molecule has 0 saturated carbocycles. The fourth-order valence-electron chi connectivity index (χ4n) is 4.36. The van der Waals surface area contributed by atoms with Gasteiger partial charge < -0.3 is 10.6 Å². The van der Waals surface area contributed by atoms with Crippen LogP contribution in [0.25, 0.3) is 27.6 Å². The molecule has 1 fully saturated rings. The van der Waals surface area contributed by atoms with Crippen LogP contribution in [0.4, 0.5) is 19.1 Å². The summed E-state index contributed by atoms with van der Waals surface area (Å²) in [5.41, 5.74) is 2.05. The number of allylic oxidation sites excluding steroid dienone is 4. The number of rotatable bonds is 5. The molecule has 1 unspecified atom stereocenters. The molecule has 0 amide bonds. The van der Waals surface area contributed by atoms with E-state index in [1.807, 2.05) is 0 Å². The first-order chi connectivity index (χ1) is 16.4. The molecule has 5 rings (SSSR count). The Labute approximate surface area is 195 Å². The van der Waals surface area contributed by atoms with E-state index < -0.39 is 11.8 Å². The molecule has 1 aliphatic carbocycles. The zero-order valence-electron chi connectivity index (χ0n) is 18.2. The van der Waals surface area contributed by atoms with E-state index in [2.05, 4.69) is 20.6 Å². The lowest BCUT2D eigenvalue weighted by atomic mass is 9.91. The second kappa shape index (κ2) is 8.92. The number of alkyl halides is 2. The Bertz CT molecular complexity index is 1340. The van der Waals surface area contributed by atoms with Crippen LogP contribution in [-0.4, -0.2) is 35.5 Å². The molecule has 5 nitrogen and oxygen atoms in total. The molecule has 0 spiro atoms. The van der Waals surface area contributed by atoms with Crippen LogP contribution in [0.1, 0.15) is 12.1 Å². The van der Waals surface area contributed by atoms with Gasteiger partial charge in [-0.3, -0.25) is 0 Å². The van der Waals surface area contributed by atoms with Crippen LogP contribution in [0, 0.1) is 29.0 Å². The number of nitrogens with zero attached hydrogens (tertiary/aromatic N) is 3. The molecule has 2 atom stereocenters. The average Bonchev–Trinajstić information content (AvgIpc) is 3.35. The molecule has 1 saturated heterocycles. The maximum absolute atomic E-state index is 14.6. The fraction of sp³-hybridized carbons (Fsp3) is 0.269. The first-order valence-corrected chi connectivity index (χ1v) is 11.1. The van der Waals surface area contributed by atoms with E-state index in [9.17, 15) is 13.2 Å². The van der Waals surface area contributed by atoms with Crippen LogP contribution in [0.3, 0.4) is 0 Å². The Morgan fingerprint density at radius 3 is 2.76 bits per heavy atom. The maximum Gasteiger partial charge on any atom is 0.286 e. The molecule has 1 aliphatic heterocycles. The van der Waals surface area contributed by atoms with E-state index in [1.165, 1.54) is 18.2 Å². The second-order valence-corrected chi connectivity index (χ2v) is 8.59. The molecular formula is C26H22F3N5. The number of halogens is 3. The minimum atomic E-state index is -3.33. The third kappa shape index (κ3) is 4.27. The van der Waals surface area contributed by atoms with Gasteiger partial charge in [0.15, 0.2) is 0 Å². The Morgan fingerprint density at radius 2 is 2.03 bits per heavy atom. The van der Waals surface area contributed by atoms with Crippen molar-refractivity contribution < 1.29 is 13.2 Å². The van der Waals surface area contributed by atoms with Crippen molar-refractivity contribution in [1.82, 2.24) is 15.3 Å². The third-order valence-corrected chi connectivity index (χ3v) is 6.24. The highest BCUT2D eigenvalue weighted by atomic mass is 19.3. The van der Waals surface area contributed by atoms with Crippen molar-refractivity contribution in [2.24, 2.45) is 11.8 Å². The normalized spacial score (nSPS) is 21.3. The monoisotopic (exact) mass is 461 g/mol.